The second-order valence-electron chi connectivity index (χ2n) is 12.7. The molecule has 0 spiro atoms. The normalized spacial score (nSPS) is 13.9. The Kier molecular flexibility index (Phi) is 36.7. The molecule has 0 aliphatic heterocycles. The first-order valence-electron chi connectivity index (χ1n) is 18.6. The van der Waals surface area contributed by atoms with E-state index >= 15 is 0 Å². The van der Waals surface area contributed by atoms with Crippen molar-refractivity contribution in [2.75, 3.05) is 81.3 Å². The van der Waals surface area contributed by atoms with E-state index in [2.05, 4.69) is 13.8 Å². The van der Waals surface area contributed by atoms with E-state index in [-0.39, 0.29) is 0 Å². The highest BCUT2D eigenvalue weighted by Gasteiger charge is 2.37. The highest BCUT2D eigenvalue weighted by atomic mass is 33.7. The van der Waals surface area contributed by atoms with Gasteiger partial charge in [-0.1, -0.05) is 102 Å². The van der Waals surface area contributed by atoms with Gasteiger partial charge in [0.2, 0.25) is 10.2 Å². The van der Waals surface area contributed by atoms with E-state index in [0.29, 0.717) is 52.9 Å². The molecule has 14 heteroatoms. The standard InChI is InChI=1S/C34H74O8S4Si2/c1-7-31(47)19-15-11-9-13-17-21-33(39-27-23-35-3,40-28-24-36-4)43-45-46-44-34(41-29-25-37-5,42-30-26-38-6)22-18-14-10-12-16-20-32(48)8-2/h31-32H,7-30H2,1-6,47-48H3. The van der Waals surface area contributed by atoms with Crippen LogP contribution < -0.4 is 0 Å². The molecule has 0 aliphatic carbocycles. The zero-order valence-corrected chi connectivity index (χ0v) is 39.3. The third-order valence-corrected chi connectivity index (χ3v) is 18.2. The number of rotatable bonds is 39. The monoisotopic (exact) mass is 794 g/mol. The van der Waals surface area contributed by atoms with Crippen molar-refractivity contribution in [1.82, 2.24) is 0 Å². The number of hydrogen-bond acceptors (Lipinski definition) is 12. The molecule has 0 aromatic carbocycles. The Morgan fingerprint density at radius 2 is 0.729 bits per heavy atom. The van der Waals surface area contributed by atoms with Crippen molar-refractivity contribution in [3.05, 3.63) is 0 Å². The fourth-order valence-corrected chi connectivity index (χ4v) is 12.7. The summed E-state index contributed by atoms with van der Waals surface area (Å²) in [5.74, 6) is 0. The predicted octanol–water partition coefficient (Wildman–Crippen LogP) is 8.21. The van der Waals surface area contributed by atoms with Gasteiger partial charge >= 0.3 is 0 Å². The number of methoxy groups -OCH3 is 4. The van der Waals surface area contributed by atoms with Gasteiger partial charge in [0, 0.05) is 61.8 Å². The second kappa shape index (κ2) is 35.5. The number of ether oxygens (including phenoxy) is 8. The van der Waals surface area contributed by atoms with Crippen molar-refractivity contribution >= 4 is 61.7 Å². The molecule has 290 valence electrons. The summed E-state index contributed by atoms with van der Waals surface area (Å²) in [6.07, 6.45) is 19.3. The summed E-state index contributed by atoms with van der Waals surface area (Å²) in [5.41, 5.74) is 1.93. The molecule has 0 bridgehead atoms. The van der Waals surface area contributed by atoms with Crippen LogP contribution in [-0.4, -0.2) is 112 Å². The quantitative estimate of drug-likeness (QED) is 0.0261. The van der Waals surface area contributed by atoms with E-state index < -0.39 is 10.2 Å². The van der Waals surface area contributed by atoms with Crippen molar-refractivity contribution in [3.8, 4) is 0 Å². The fourth-order valence-electron chi connectivity index (χ4n) is 4.94. The first-order chi connectivity index (χ1) is 23.4. The average Bonchev–Trinajstić information content (AvgIpc) is 3.09. The second-order valence-corrected chi connectivity index (χ2v) is 22.1. The molecule has 2 unspecified atom stereocenters. The van der Waals surface area contributed by atoms with Gasteiger partial charge < -0.3 is 37.9 Å². The lowest BCUT2D eigenvalue weighted by atomic mass is 10.1. The molecule has 0 heterocycles. The maximum Gasteiger partial charge on any atom is 0.229 e. The van der Waals surface area contributed by atoms with Crippen LogP contribution in [0.2, 0.25) is 11.1 Å². The highest BCUT2D eigenvalue weighted by Crippen LogP contribution is 2.55. The van der Waals surface area contributed by atoms with Gasteiger partial charge in [-0.2, -0.15) is 0 Å². The molecule has 0 amide bonds. The maximum atomic E-state index is 6.44. The van der Waals surface area contributed by atoms with E-state index in [0.717, 1.165) is 36.8 Å². The topological polar surface area (TPSA) is 73.8 Å². The van der Waals surface area contributed by atoms with Crippen LogP contribution in [-0.2, 0) is 37.9 Å². The zero-order chi connectivity index (χ0) is 35.6. The lowest BCUT2D eigenvalue weighted by molar-refractivity contribution is -0.185. The maximum absolute atomic E-state index is 6.44. The molecule has 2 atom stereocenters. The number of hydrogen-bond donors (Lipinski definition) is 0. The van der Waals surface area contributed by atoms with Crippen LogP contribution in [0.5, 0.6) is 0 Å². The molecule has 0 rings (SSSR count). The van der Waals surface area contributed by atoms with Crippen LogP contribution in [0.25, 0.3) is 0 Å². The molecule has 0 saturated heterocycles. The molecule has 0 radical (unpaired) electrons. The van der Waals surface area contributed by atoms with E-state index in [4.69, 9.17) is 37.9 Å². The summed E-state index contributed by atoms with van der Waals surface area (Å²) in [6.45, 7) is 8.59. The Morgan fingerprint density at radius 3 is 1.02 bits per heavy atom. The average molecular weight is 795 g/mol. The lowest BCUT2D eigenvalue weighted by Gasteiger charge is -2.34. The van der Waals surface area contributed by atoms with Gasteiger partial charge in [-0.3, -0.25) is 0 Å². The van der Waals surface area contributed by atoms with E-state index in [1.165, 1.54) is 97.5 Å². The van der Waals surface area contributed by atoms with Crippen molar-refractivity contribution in [1.29, 1.82) is 0 Å². The van der Waals surface area contributed by atoms with Gasteiger partial charge in [0.25, 0.3) is 0 Å². The molecule has 0 aromatic heterocycles. The summed E-state index contributed by atoms with van der Waals surface area (Å²) in [4.78, 5) is 0. The van der Waals surface area contributed by atoms with Crippen LogP contribution in [0.3, 0.4) is 0 Å². The number of unbranched alkanes of at least 4 members (excludes halogenated alkanes) is 8. The van der Waals surface area contributed by atoms with Gasteiger partial charge in [0.05, 0.1) is 52.9 Å². The Labute approximate surface area is 317 Å². The van der Waals surface area contributed by atoms with Crippen LogP contribution >= 0.6 is 41.2 Å². The molecule has 0 aromatic rings. The highest BCUT2D eigenvalue weighted by molar-refractivity contribution is 9.26. The van der Waals surface area contributed by atoms with Crippen molar-refractivity contribution in [2.24, 2.45) is 0 Å². The Morgan fingerprint density at radius 1 is 0.438 bits per heavy atom. The molecule has 0 N–H and O–H groups in total. The van der Waals surface area contributed by atoms with Gasteiger partial charge in [0.15, 0.2) is 0 Å². The van der Waals surface area contributed by atoms with Gasteiger partial charge in [-0.15, -0.1) is 0 Å². The third kappa shape index (κ3) is 28.1. The molecular weight excluding hydrogens is 721 g/mol. The smallest absolute Gasteiger partial charge is 0.229 e. The summed E-state index contributed by atoms with van der Waals surface area (Å²) < 4.78 is 47.1. The largest absolute Gasteiger partial charge is 0.382 e. The van der Waals surface area contributed by atoms with E-state index in [1.54, 1.807) is 69.7 Å². The molecule has 0 saturated carbocycles. The van der Waals surface area contributed by atoms with Crippen LogP contribution in [0.15, 0.2) is 0 Å². The fraction of sp³-hybridized carbons (Fsp3) is 1.00. The lowest BCUT2D eigenvalue weighted by Crippen LogP contribution is -2.34. The van der Waals surface area contributed by atoms with Crippen LogP contribution in [0.4, 0.5) is 0 Å². The van der Waals surface area contributed by atoms with E-state index in [1.807, 2.05) is 0 Å². The zero-order valence-electron chi connectivity index (χ0n) is 32.0. The van der Waals surface area contributed by atoms with E-state index in [9.17, 15) is 0 Å². The summed E-state index contributed by atoms with van der Waals surface area (Å²) in [7, 11) is 16.0. The Bertz CT molecular complexity index is 605. The molecule has 0 aliphatic rings. The molecule has 8 nitrogen and oxygen atoms in total. The van der Waals surface area contributed by atoms with Crippen molar-refractivity contribution < 1.29 is 37.9 Å². The van der Waals surface area contributed by atoms with Crippen molar-refractivity contribution in [3.63, 3.8) is 0 Å². The summed E-state index contributed by atoms with van der Waals surface area (Å²) in [6, 6.07) is 0. The van der Waals surface area contributed by atoms with Gasteiger partial charge in [-0.05, 0) is 54.1 Å². The van der Waals surface area contributed by atoms with Crippen LogP contribution in [0.1, 0.15) is 117 Å². The SMILES string of the molecule is CCC([SiH3])CCCCCCCC(OCCOC)(OCCOC)SSSSC(CCCCCCCC([SiH3])CC)(OCCOC)OCCOC. The Balaban J connectivity index is 5.40. The third-order valence-electron chi connectivity index (χ3n) is 8.54. The van der Waals surface area contributed by atoms with Gasteiger partial charge in [0.1, 0.15) is 0 Å². The minimum absolute atomic E-state index is 0.469. The molecule has 0 fully saturated rings. The van der Waals surface area contributed by atoms with Crippen molar-refractivity contribution in [2.45, 2.75) is 138 Å². The van der Waals surface area contributed by atoms with Gasteiger partial charge in [-0.25, -0.2) is 0 Å². The first kappa shape index (κ1) is 49.5. The Hall–Kier alpha value is 1.51. The minimum atomic E-state index is -0.786. The minimum Gasteiger partial charge on any atom is -0.382 e. The first-order valence-corrected chi connectivity index (χ1v) is 25.7. The predicted molar refractivity (Wildman–Crippen MR) is 220 cm³/mol. The van der Waals surface area contributed by atoms with Crippen LogP contribution in [0, 0.1) is 0 Å². The molecule has 48 heavy (non-hydrogen) atoms. The molecular formula is C34H74O8S4Si2. The summed E-state index contributed by atoms with van der Waals surface area (Å²) >= 11 is 0. The summed E-state index contributed by atoms with van der Waals surface area (Å²) in [5, 5.41) is -1.57.